The molecule has 6 nitrogen and oxygen atoms in total. The molecular weight excluding hydrogens is 300 g/mol. The molecule has 0 saturated carbocycles. The molecule has 0 radical (unpaired) electrons. The Balaban J connectivity index is 1.57. The lowest BCUT2D eigenvalue weighted by Crippen LogP contribution is -2.27. The minimum absolute atomic E-state index is 0.0242. The van der Waals surface area contributed by atoms with E-state index in [4.69, 9.17) is 4.42 Å². The highest BCUT2D eigenvalue weighted by atomic mass is 32.2. The van der Waals surface area contributed by atoms with Crippen molar-refractivity contribution in [2.75, 3.05) is 12.8 Å². The summed E-state index contributed by atoms with van der Waals surface area (Å²) in [6, 6.07) is 7.56. The van der Waals surface area contributed by atoms with Gasteiger partial charge in [-0.3, -0.25) is 9.48 Å². The molecule has 0 saturated heterocycles. The van der Waals surface area contributed by atoms with Gasteiger partial charge in [0, 0.05) is 32.4 Å². The van der Waals surface area contributed by atoms with Gasteiger partial charge < -0.3 is 9.32 Å². The van der Waals surface area contributed by atoms with Crippen molar-refractivity contribution in [2.45, 2.75) is 11.8 Å². The van der Waals surface area contributed by atoms with Gasteiger partial charge in [-0.25, -0.2) is 4.98 Å². The Kier molecular flexibility index (Phi) is 4.15. The number of thioether (sulfide) groups is 1. The minimum Gasteiger partial charge on any atom is -0.431 e. The lowest BCUT2D eigenvalue weighted by Gasteiger charge is -2.15. The van der Waals surface area contributed by atoms with Crippen LogP contribution in [0, 0.1) is 0 Å². The van der Waals surface area contributed by atoms with Crippen LogP contribution in [0.4, 0.5) is 0 Å². The van der Waals surface area contributed by atoms with Crippen LogP contribution in [-0.2, 0) is 18.4 Å². The molecule has 7 heteroatoms. The van der Waals surface area contributed by atoms with Crippen molar-refractivity contribution >= 4 is 28.8 Å². The van der Waals surface area contributed by atoms with Gasteiger partial charge in [0.1, 0.15) is 5.52 Å². The predicted molar refractivity (Wildman–Crippen MR) is 84.4 cm³/mol. The lowest BCUT2D eigenvalue weighted by atomic mass is 10.3. The first kappa shape index (κ1) is 14.6. The van der Waals surface area contributed by atoms with E-state index < -0.39 is 0 Å². The van der Waals surface area contributed by atoms with E-state index in [1.807, 2.05) is 37.5 Å². The molecule has 1 aromatic carbocycles. The fourth-order valence-corrected chi connectivity index (χ4v) is 2.84. The number of amides is 1. The molecule has 0 bridgehead atoms. The average molecular weight is 316 g/mol. The highest BCUT2D eigenvalue weighted by Gasteiger charge is 2.13. The van der Waals surface area contributed by atoms with E-state index >= 15 is 0 Å². The minimum atomic E-state index is 0.0242. The van der Waals surface area contributed by atoms with Crippen LogP contribution in [0.25, 0.3) is 11.1 Å². The van der Waals surface area contributed by atoms with Crippen LogP contribution < -0.4 is 0 Å². The third-order valence-corrected chi connectivity index (χ3v) is 4.01. The number of carbonyl (C=O) groups excluding carboxylic acids is 1. The number of aryl methyl sites for hydroxylation is 1. The van der Waals surface area contributed by atoms with Gasteiger partial charge >= 0.3 is 0 Å². The second-order valence-electron chi connectivity index (χ2n) is 5.01. The predicted octanol–water partition coefficient (Wildman–Crippen LogP) is 2.31. The average Bonchev–Trinajstić information content (AvgIpc) is 3.10. The van der Waals surface area contributed by atoms with Gasteiger partial charge in [-0.15, -0.1) is 0 Å². The van der Waals surface area contributed by atoms with Crippen molar-refractivity contribution in [3.63, 3.8) is 0 Å². The van der Waals surface area contributed by atoms with Gasteiger partial charge in [0.2, 0.25) is 5.91 Å². The summed E-state index contributed by atoms with van der Waals surface area (Å²) in [4.78, 5) is 18.2. The molecule has 2 heterocycles. The third kappa shape index (κ3) is 3.30. The van der Waals surface area contributed by atoms with Crippen LogP contribution in [0.5, 0.6) is 0 Å². The number of rotatable bonds is 5. The Morgan fingerprint density at radius 2 is 2.23 bits per heavy atom. The van der Waals surface area contributed by atoms with Crippen LogP contribution in [0.1, 0.15) is 5.56 Å². The first-order valence-electron chi connectivity index (χ1n) is 6.81. The van der Waals surface area contributed by atoms with Gasteiger partial charge in [-0.05, 0) is 12.1 Å². The highest BCUT2D eigenvalue weighted by Crippen LogP contribution is 2.23. The van der Waals surface area contributed by atoms with E-state index in [2.05, 4.69) is 10.1 Å². The monoisotopic (exact) mass is 316 g/mol. The standard InChI is InChI=1S/C15H16N4O2S/c1-18(8-11-7-16-19(2)9-11)14(20)10-22-15-17-12-5-3-4-6-13(12)21-15/h3-7,9H,8,10H2,1-2H3. The molecule has 0 aliphatic rings. The van der Waals surface area contributed by atoms with Crippen LogP contribution in [0.3, 0.4) is 0 Å². The van der Waals surface area contributed by atoms with E-state index in [1.54, 1.807) is 22.8 Å². The van der Waals surface area contributed by atoms with E-state index in [9.17, 15) is 4.79 Å². The topological polar surface area (TPSA) is 64.2 Å². The number of fused-ring (bicyclic) bond motifs is 1. The Hall–Kier alpha value is -2.28. The zero-order valence-corrected chi connectivity index (χ0v) is 13.2. The van der Waals surface area contributed by atoms with Crippen LogP contribution in [0.15, 0.2) is 46.3 Å². The van der Waals surface area contributed by atoms with Crippen molar-refractivity contribution in [1.82, 2.24) is 19.7 Å². The van der Waals surface area contributed by atoms with Crippen molar-refractivity contribution in [1.29, 1.82) is 0 Å². The molecule has 0 atom stereocenters. The van der Waals surface area contributed by atoms with Crippen LogP contribution >= 0.6 is 11.8 Å². The van der Waals surface area contributed by atoms with Crippen LogP contribution in [-0.4, -0.2) is 38.4 Å². The SMILES string of the molecule is CN(Cc1cnn(C)c1)C(=O)CSc1nc2ccccc2o1. The van der Waals surface area contributed by atoms with E-state index in [0.29, 0.717) is 17.5 Å². The normalized spacial score (nSPS) is 11.0. The molecule has 1 amide bonds. The van der Waals surface area contributed by atoms with Gasteiger partial charge in [0.05, 0.1) is 11.9 Å². The zero-order valence-electron chi connectivity index (χ0n) is 12.4. The fourth-order valence-electron chi connectivity index (χ4n) is 2.06. The molecule has 3 aromatic rings. The van der Waals surface area contributed by atoms with Crippen molar-refractivity contribution < 1.29 is 9.21 Å². The maximum Gasteiger partial charge on any atom is 0.257 e. The number of para-hydroxylation sites is 2. The summed E-state index contributed by atoms with van der Waals surface area (Å²) in [5, 5.41) is 4.61. The molecule has 0 fully saturated rings. The maximum atomic E-state index is 12.2. The molecular formula is C15H16N4O2S. The van der Waals surface area contributed by atoms with Crippen LogP contribution in [0.2, 0.25) is 0 Å². The number of hydrogen-bond acceptors (Lipinski definition) is 5. The van der Waals surface area contributed by atoms with Crippen molar-refractivity contribution in [2.24, 2.45) is 7.05 Å². The summed E-state index contributed by atoms with van der Waals surface area (Å²) >= 11 is 1.31. The number of carbonyl (C=O) groups is 1. The molecule has 0 aliphatic carbocycles. The van der Waals surface area contributed by atoms with Gasteiger partial charge in [-0.2, -0.15) is 5.10 Å². The van der Waals surface area contributed by atoms with E-state index in [1.165, 1.54) is 11.8 Å². The molecule has 0 spiro atoms. The molecule has 2 aromatic heterocycles. The smallest absolute Gasteiger partial charge is 0.257 e. The van der Waals surface area contributed by atoms with Gasteiger partial charge in [0.15, 0.2) is 5.58 Å². The number of nitrogens with zero attached hydrogens (tertiary/aromatic N) is 4. The Labute approximate surface area is 132 Å². The summed E-state index contributed by atoms with van der Waals surface area (Å²) in [6.07, 6.45) is 3.66. The number of benzene rings is 1. The van der Waals surface area contributed by atoms with E-state index in [0.717, 1.165) is 16.7 Å². The van der Waals surface area contributed by atoms with Crippen molar-refractivity contribution in [3.8, 4) is 0 Å². The second-order valence-corrected chi connectivity index (χ2v) is 5.93. The number of hydrogen-bond donors (Lipinski definition) is 0. The number of aromatic nitrogens is 3. The number of oxazole rings is 1. The Morgan fingerprint density at radius 1 is 1.41 bits per heavy atom. The molecule has 0 aliphatic heterocycles. The first-order chi connectivity index (χ1) is 10.6. The molecule has 0 N–H and O–H groups in total. The lowest BCUT2D eigenvalue weighted by molar-refractivity contribution is -0.127. The summed E-state index contributed by atoms with van der Waals surface area (Å²) in [5.74, 6) is 0.319. The molecule has 114 valence electrons. The largest absolute Gasteiger partial charge is 0.431 e. The first-order valence-corrected chi connectivity index (χ1v) is 7.80. The fraction of sp³-hybridized carbons (Fsp3) is 0.267. The third-order valence-electron chi connectivity index (χ3n) is 3.20. The Bertz CT molecular complexity index is 763. The highest BCUT2D eigenvalue weighted by molar-refractivity contribution is 7.99. The maximum absolute atomic E-state index is 12.2. The molecule has 22 heavy (non-hydrogen) atoms. The Morgan fingerprint density at radius 3 is 2.95 bits per heavy atom. The summed E-state index contributed by atoms with van der Waals surface area (Å²) in [7, 11) is 3.64. The van der Waals surface area contributed by atoms with Gasteiger partial charge in [-0.1, -0.05) is 23.9 Å². The second kappa shape index (κ2) is 6.23. The van der Waals surface area contributed by atoms with Gasteiger partial charge in [0.25, 0.3) is 5.22 Å². The summed E-state index contributed by atoms with van der Waals surface area (Å²) in [5.41, 5.74) is 2.55. The van der Waals surface area contributed by atoms with Crippen molar-refractivity contribution in [3.05, 3.63) is 42.2 Å². The quantitative estimate of drug-likeness (QED) is 0.676. The summed E-state index contributed by atoms with van der Waals surface area (Å²) < 4.78 is 7.31. The van der Waals surface area contributed by atoms with E-state index in [-0.39, 0.29) is 5.91 Å². The summed E-state index contributed by atoms with van der Waals surface area (Å²) in [6.45, 7) is 0.542. The molecule has 3 rings (SSSR count). The zero-order chi connectivity index (χ0) is 15.5. The molecule has 0 unspecified atom stereocenters.